The zero-order chi connectivity index (χ0) is 41.4. The fraction of sp³-hybridized carbons (Fsp3) is 0. The van der Waals surface area contributed by atoms with E-state index in [1.165, 1.54) is 0 Å². The molecule has 294 valence electrons. The van der Waals surface area contributed by atoms with Crippen LogP contribution < -0.4 is 0 Å². The van der Waals surface area contributed by atoms with Crippen LogP contribution in [0.5, 0.6) is 0 Å². The van der Waals surface area contributed by atoms with Gasteiger partial charge in [0.05, 0.1) is 27.8 Å². The second kappa shape index (κ2) is 13.9. The van der Waals surface area contributed by atoms with Gasteiger partial charge < -0.3 is 8.98 Å². The molecule has 13 aromatic rings. The molecule has 0 aliphatic carbocycles. The molecule has 9 aromatic carbocycles. The van der Waals surface area contributed by atoms with Crippen LogP contribution in [0.25, 0.3) is 122 Å². The third-order valence-corrected chi connectivity index (χ3v) is 12.2. The summed E-state index contributed by atoms with van der Waals surface area (Å²) in [5, 5.41) is 6.73. The summed E-state index contributed by atoms with van der Waals surface area (Å²) in [5.74, 6) is 2.37. The number of fused-ring (bicyclic) bond motifs is 9. The van der Waals surface area contributed by atoms with Crippen molar-refractivity contribution in [3.63, 3.8) is 0 Å². The highest BCUT2D eigenvalue weighted by atomic mass is 16.3. The first-order valence-electron chi connectivity index (χ1n) is 21.1. The molecular weight excluding hydrogens is 773 g/mol. The normalized spacial score (nSPS) is 11.8. The van der Waals surface area contributed by atoms with Gasteiger partial charge in [-0.05, 0) is 47.3 Å². The Morgan fingerprint density at radius 1 is 0.333 bits per heavy atom. The van der Waals surface area contributed by atoms with E-state index in [1.54, 1.807) is 0 Å². The van der Waals surface area contributed by atoms with Crippen LogP contribution in [0.4, 0.5) is 0 Å². The molecule has 0 unspecified atom stereocenters. The average molecular weight is 807 g/mol. The van der Waals surface area contributed by atoms with Gasteiger partial charge in [-0.2, -0.15) is 9.97 Å². The minimum atomic E-state index is 0.549. The number of oxazole rings is 1. The van der Waals surface area contributed by atoms with E-state index in [0.717, 1.165) is 99.0 Å². The lowest BCUT2D eigenvalue weighted by molar-refractivity contribution is 0.621. The Morgan fingerprint density at radius 2 is 0.857 bits per heavy atom. The van der Waals surface area contributed by atoms with Gasteiger partial charge in [-0.1, -0.05) is 170 Å². The van der Waals surface area contributed by atoms with Gasteiger partial charge in [0.25, 0.3) is 0 Å². The molecule has 0 N–H and O–H groups in total. The molecule has 0 fully saturated rings. The smallest absolute Gasteiger partial charge is 0.238 e. The van der Waals surface area contributed by atoms with Crippen molar-refractivity contribution in [3.8, 4) is 57.0 Å². The number of hydrogen-bond donors (Lipinski definition) is 0. The van der Waals surface area contributed by atoms with Crippen molar-refractivity contribution in [3.05, 3.63) is 206 Å². The standard InChI is InChI=1S/C56H34N6O/c1-4-17-35(18-5-1)53-58-54(36-19-6-2-7-20-36)60-56(59-53)62-48-30-15-13-26-42(48)44-32-31-43-41-25-12-14-29-47(41)61(50(43)51(44)62)49-34-33-39(38-23-10-11-24-40(38)49)45-27-16-28-46-52(45)63-55(57-46)37-21-8-3-9-22-37/h1-34H. The Kier molecular flexibility index (Phi) is 7.77. The molecule has 0 saturated carbocycles. The number of aromatic nitrogens is 6. The van der Waals surface area contributed by atoms with Gasteiger partial charge in [-0.3, -0.25) is 4.57 Å². The van der Waals surface area contributed by atoms with Crippen molar-refractivity contribution in [2.75, 3.05) is 0 Å². The van der Waals surface area contributed by atoms with Crippen LogP contribution in [0, 0.1) is 0 Å². The van der Waals surface area contributed by atoms with E-state index in [0.29, 0.717) is 23.5 Å². The van der Waals surface area contributed by atoms with Gasteiger partial charge in [0, 0.05) is 49.2 Å². The van der Waals surface area contributed by atoms with E-state index >= 15 is 0 Å². The van der Waals surface area contributed by atoms with Gasteiger partial charge in [0.2, 0.25) is 11.8 Å². The van der Waals surface area contributed by atoms with Crippen molar-refractivity contribution >= 4 is 65.5 Å². The van der Waals surface area contributed by atoms with Crippen LogP contribution in [-0.4, -0.2) is 29.1 Å². The van der Waals surface area contributed by atoms with E-state index < -0.39 is 0 Å². The lowest BCUT2D eigenvalue weighted by Gasteiger charge is -2.16. The van der Waals surface area contributed by atoms with E-state index in [2.05, 4.69) is 143 Å². The molecule has 4 heterocycles. The largest absolute Gasteiger partial charge is 0.435 e. The van der Waals surface area contributed by atoms with Crippen LogP contribution in [0.2, 0.25) is 0 Å². The highest BCUT2D eigenvalue weighted by Crippen LogP contribution is 2.44. The number of para-hydroxylation sites is 3. The van der Waals surface area contributed by atoms with Crippen molar-refractivity contribution in [1.29, 1.82) is 0 Å². The minimum Gasteiger partial charge on any atom is -0.435 e. The number of hydrogen-bond acceptors (Lipinski definition) is 5. The SMILES string of the molecule is c1ccc(-c2nc(-c3ccccc3)nc(-n3c4ccccc4c4ccc5c6ccccc6n(-c6ccc(-c7cccc8nc(-c9ccccc9)oc78)c7ccccc67)c5c43)n2)cc1. The van der Waals surface area contributed by atoms with Crippen LogP contribution in [-0.2, 0) is 0 Å². The van der Waals surface area contributed by atoms with Gasteiger partial charge >= 0.3 is 0 Å². The van der Waals surface area contributed by atoms with Gasteiger partial charge in [-0.25, -0.2) is 9.97 Å². The highest BCUT2D eigenvalue weighted by Gasteiger charge is 2.25. The molecule has 0 atom stereocenters. The fourth-order valence-electron chi connectivity index (χ4n) is 9.43. The first kappa shape index (κ1) is 35.1. The Bertz CT molecular complexity index is 3850. The maximum atomic E-state index is 6.58. The summed E-state index contributed by atoms with van der Waals surface area (Å²) in [6.07, 6.45) is 0. The molecule has 4 aromatic heterocycles. The van der Waals surface area contributed by atoms with Crippen LogP contribution >= 0.6 is 0 Å². The molecule has 0 aliphatic heterocycles. The Morgan fingerprint density at radius 3 is 1.49 bits per heavy atom. The third-order valence-electron chi connectivity index (χ3n) is 12.2. The summed E-state index contributed by atoms with van der Waals surface area (Å²) in [7, 11) is 0. The molecule has 0 aliphatic rings. The zero-order valence-corrected chi connectivity index (χ0v) is 33.7. The predicted octanol–water partition coefficient (Wildman–Crippen LogP) is 14.0. The number of benzene rings is 9. The molecule has 0 saturated heterocycles. The Labute approximate surface area is 360 Å². The number of rotatable bonds is 6. The predicted molar refractivity (Wildman–Crippen MR) is 255 cm³/mol. The quantitative estimate of drug-likeness (QED) is 0.167. The lowest BCUT2D eigenvalue weighted by atomic mass is 9.96. The molecule has 0 amide bonds. The van der Waals surface area contributed by atoms with Crippen molar-refractivity contribution in [2.24, 2.45) is 0 Å². The maximum absolute atomic E-state index is 6.58. The van der Waals surface area contributed by atoms with E-state index in [-0.39, 0.29) is 0 Å². The third kappa shape index (κ3) is 5.46. The molecule has 63 heavy (non-hydrogen) atoms. The molecule has 0 radical (unpaired) electrons. The molecule has 0 spiro atoms. The monoisotopic (exact) mass is 806 g/mol. The Balaban J connectivity index is 1.12. The average Bonchev–Trinajstić information content (AvgIpc) is 4.05. The molecule has 7 nitrogen and oxygen atoms in total. The topological polar surface area (TPSA) is 74.6 Å². The minimum absolute atomic E-state index is 0.549. The van der Waals surface area contributed by atoms with Crippen molar-refractivity contribution < 1.29 is 4.42 Å². The Hall–Kier alpha value is -8.68. The summed E-state index contributed by atoms with van der Waals surface area (Å²) < 4.78 is 11.3. The molecule has 0 bridgehead atoms. The van der Waals surface area contributed by atoms with Gasteiger partial charge in [0.15, 0.2) is 17.2 Å². The van der Waals surface area contributed by atoms with Gasteiger partial charge in [-0.15, -0.1) is 0 Å². The maximum Gasteiger partial charge on any atom is 0.238 e. The molecule has 13 rings (SSSR count). The first-order chi connectivity index (χ1) is 31.3. The van der Waals surface area contributed by atoms with Gasteiger partial charge in [0.1, 0.15) is 5.52 Å². The zero-order valence-electron chi connectivity index (χ0n) is 33.7. The van der Waals surface area contributed by atoms with Crippen LogP contribution in [0.15, 0.2) is 211 Å². The number of nitrogens with zero attached hydrogens (tertiary/aromatic N) is 6. The van der Waals surface area contributed by atoms with E-state index in [1.807, 2.05) is 72.8 Å². The summed E-state index contributed by atoms with van der Waals surface area (Å²) >= 11 is 0. The lowest BCUT2D eigenvalue weighted by Crippen LogP contribution is -2.07. The van der Waals surface area contributed by atoms with Crippen LogP contribution in [0.3, 0.4) is 0 Å². The van der Waals surface area contributed by atoms with E-state index in [9.17, 15) is 0 Å². The molecular formula is C56H34N6O. The van der Waals surface area contributed by atoms with Crippen LogP contribution in [0.1, 0.15) is 0 Å². The second-order valence-electron chi connectivity index (χ2n) is 15.8. The fourth-order valence-corrected chi connectivity index (χ4v) is 9.43. The summed E-state index contributed by atoms with van der Waals surface area (Å²) in [5.41, 5.74) is 11.7. The summed E-state index contributed by atoms with van der Waals surface area (Å²) in [6.45, 7) is 0. The summed E-state index contributed by atoms with van der Waals surface area (Å²) in [4.78, 5) is 20.6. The first-order valence-corrected chi connectivity index (χ1v) is 21.1. The van der Waals surface area contributed by atoms with Crippen molar-refractivity contribution in [2.45, 2.75) is 0 Å². The highest BCUT2D eigenvalue weighted by molar-refractivity contribution is 6.24. The van der Waals surface area contributed by atoms with E-state index in [4.69, 9.17) is 24.4 Å². The van der Waals surface area contributed by atoms with Crippen molar-refractivity contribution in [1.82, 2.24) is 29.1 Å². The molecule has 7 heteroatoms. The summed E-state index contributed by atoms with van der Waals surface area (Å²) in [6, 6.07) is 71.6. The second-order valence-corrected chi connectivity index (χ2v) is 15.8.